The Morgan fingerprint density at radius 3 is 2.22 bits per heavy atom. The van der Waals surface area contributed by atoms with Gasteiger partial charge in [0, 0.05) is 5.39 Å². The highest BCUT2D eigenvalue weighted by Gasteiger charge is 2.11. The van der Waals surface area contributed by atoms with Gasteiger partial charge in [0.25, 0.3) is 0 Å². The number of aryl methyl sites for hydroxylation is 1. The van der Waals surface area contributed by atoms with Crippen molar-refractivity contribution in [2.75, 3.05) is 0 Å². The third-order valence-corrected chi connectivity index (χ3v) is 4.76. The summed E-state index contributed by atoms with van der Waals surface area (Å²) in [6.07, 6.45) is 1.81. The lowest BCUT2D eigenvalue weighted by Crippen LogP contribution is -1.94. The van der Waals surface area contributed by atoms with Gasteiger partial charge in [-0.25, -0.2) is 9.97 Å². The molecule has 0 N–H and O–H groups in total. The van der Waals surface area contributed by atoms with E-state index in [2.05, 4.69) is 60.4 Å². The fourth-order valence-corrected chi connectivity index (χ4v) is 3.41. The number of nitrogens with zero attached hydrogens (tertiary/aromatic N) is 3. The highest BCUT2D eigenvalue weighted by atomic mass is 14.8. The van der Waals surface area contributed by atoms with Gasteiger partial charge in [0.2, 0.25) is 0 Å². The van der Waals surface area contributed by atoms with Crippen molar-refractivity contribution in [1.82, 2.24) is 15.0 Å². The second-order valence-corrected chi connectivity index (χ2v) is 6.69. The van der Waals surface area contributed by atoms with Crippen LogP contribution < -0.4 is 0 Å². The van der Waals surface area contributed by atoms with E-state index in [-0.39, 0.29) is 0 Å². The molecule has 0 amide bonds. The Labute approximate surface area is 157 Å². The highest BCUT2D eigenvalue weighted by Crippen LogP contribution is 2.32. The maximum Gasteiger partial charge on any atom is 0.108 e. The van der Waals surface area contributed by atoms with E-state index in [9.17, 15) is 0 Å². The Morgan fingerprint density at radius 2 is 1.37 bits per heavy atom. The normalized spacial score (nSPS) is 11.1. The second kappa shape index (κ2) is 6.29. The van der Waals surface area contributed by atoms with Crippen LogP contribution in [0.4, 0.5) is 0 Å². The van der Waals surface area contributed by atoms with Crippen molar-refractivity contribution >= 4 is 21.9 Å². The minimum atomic E-state index is 0.786. The van der Waals surface area contributed by atoms with Gasteiger partial charge in [-0.2, -0.15) is 0 Å². The van der Waals surface area contributed by atoms with Gasteiger partial charge in [-0.05, 0) is 48.4 Å². The van der Waals surface area contributed by atoms with Crippen LogP contribution >= 0.6 is 0 Å². The molecule has 0 saturated carbocycles. The van der Waals surface area contributed by atoms with Crippen LogP contribution in [0.2, 0.25) is 0 Å². The topological polar surface area (TPSA) is 38.7 Å². The summed E-state index contributed by atoms with van der Waals surface area (Å²) in [6, 6.07) is 26.8. The van der Waals surface area contributed by atoms with Gasteiger partial charge in [-0.3, -0.25) is 4.98 Å². The molecule has 2 heterocycles. The lowest BCUT2D eigenvalue weighted by Gasteiger charge is -2.11. The molecule has 0 fully saturated rings. The fraction of sp³-hybridized carbons (Fsp3) is 0.0417. The Morgan fingerprint density at radius 1 is 0.630 bits per heavy atom. The van der Waals surface area contributed by atoms with Crippen molar-refractivity contribution in [3.63, 3.8) is 0 Å². The maximum atomic E-state index is 4.88. The molecule has 0 aliphatic heterocycles. The zero-order valence-corrected chi connectivity index (χ0v) is 14.9. The molecule has 5 rings (SSSR count). The molecule has 3 aromatic carbocycles. The van der Waals surface area contributed by atoms with Crippen molar-refractivity contribution in [3.05, 3.63) is 90.6 Å². The summed E-state index contributed by atoms with van der Waals surface area (Å²) in [5, 5.41) is 1.15. The van der Waals surface area contributed by atoms with Crippen LogP contribution in [0.5, 0.6) is 0 Å². The Bertz CT molecular complexity index is 1280. The van der Waals surface area contributed by atoms with E-state index < -0.39 is 0 Å². The Kier molecular flexibility index (Phi) is 3.65. The molecule has 0 radical (unpaired) electrons. The van der Waals surface area contributed by atoms with E-state index in [0.29, 0.717) is 0 Å². The van der Waals surface area contributed by atoms with Gasteiger partial charge in [0.05, 0.1) is 28.4 Å². The summed E-state index contributed by atoms with van der Waals surface area (Å²) < 4.78 is 0. The van der Waals surface area contributed by atoms with E-state index in [4.69, 9.17) is 9.97 Å². The fourth-order valence-electron chi connectivity index (χ4n) is 3.41. The number of hydrogen-bond donors (Lipinski definition) is 0. The summed E-state index contributed by atoms with van der Waals surface area (Å²) in [6.45, 7) is 2.11. The molecule has 0 aliphatic rings. The third-order valence-electron chi connectivity index (χ3n) is 4.76. The summed E-state index contributed by atoms with van der Waals surface area (Å²) >= 11 is 0. The Hall–Kier alpha value is -3.59. The zero-order valence-electron chi connectivity index (χ0n) is 14.9. The Balaban J connectivity index is 1.78. The molecule has 0 atom stereocenters. The number of rotatable bonds is 2. The average molecular weight is 347 g/mol. The van der Waals surface area contributed by atoms with Crippen molar-refractivity contribution in [2.24, 2.45) is 0 Å². The molecule has 0 spiro atoms. The minimum Gasteiger partial charge on any atom is -0.252 e. The SMILES string of the molecule is Cc1ccc2nc(-c3cnc4ccccc4n3)cc(-c3ccccc3)c2c1. The molecule has 0 bridgehead atoms. The van der Waals surface area contributed by atoms with E-state index in [1.54, 1.807) is 6.20 Å². The van der Waals surface area contributed by atoms with Crippen LogP contribution in [0, 0.1) is 6.92 Å². The van der Waals surface area contributed by atoms with Gasteiger partial charge in [0.1, 0.15) is 5.69 Å². The summed E-state index contributed by atoms with van der Waals surface area (Å²) in [5.74, 6) is 0. The van der Waals surface area contributed by atoms with Crippen molar-refractivity contribution in [1.29, 1.82) is 0 Å². The average Bonchev–Trinajstić information content (AvgIpc) is 2.73. The molecular weight excluding hydrogens is 330 g/mol. The second-order valence-electron chi connectivity index (χ2n) is 6.69. The van der Waals surface area contributed by atoms with Crippen molar-refractivity contribution in [3.8, 4) is 22.5 Å². The third kappa shape index (κ3) is 2.83. The molecule has 3 nitrogen and oxygen atoms in total. The monoisotopic (exact) mass is 347 g/mol. The predicted octanol–water partition coefficient (Wildman–Crippen LogP) is 5.82. The number of aromatic nitrogens is 3. The van der Waals surface area contributed by atoms with E-state index in [1.165, 1.54) is 11.1 Å². The maximum absolute atomic E-state index is 4.88. The highest BCUT2D eigenvalue weighted by molar-refractivity contribution is 5.97. The molecule has 0 saturated heterocycles. The molecule has 128 valence electrons. The smallest absolute Gasteiger partial charge is 0.108 e. The molecule has 27 heavy (non-hydrogen) atoms. The molecule has 5 aromatic rings. The summed E-state index contributed by atoms with van der Waals surface area (Å²) in [7, 11) is 0. The number of benzene rings is 3. The first kappa shape index (κ1) is 15.6. The van der Waals surface area contributed by atoms with E-state index in [0.717, 1.165) is 38.9 Å². The van der Waals surface area contributed by atoms with Crippen LogP contribution in [0.15, 0.2) is 85.1 Å². The molecule has 0 aliphatic carbocycles. The largest absolute Gasteiger partial charge is 0.252 e. The van der Waals surface area contributed by atoms with Crippen LogP contribution in [0.3, 0.4) is 0 Å². The van der Waals surface area contributed by atoms with Gasteiger partial charge in [-0.15, -0.1) is 0 Å². The predicted molar refractivity (Wildman–Crippen MR) is 110 cm³/mol. The number of fused-ring (bicyclic) bond motifs is 2. The zero-order chi connectivity index (χ0) is 18.2. The van der Waals surface area contributed by atoms with Crippen molar-refractivity contribution in [2.45, 2.75) is 6.92 Å². The molecule has 3 heteroatoms. The standard InChI is InChI=1S/C24H17N3/c1-16-11-12-20-19(13-16)18(17-7-3-2-4-8-17)14-23(26-20)24-15-25-21-9-5-6-10-22(21)27-24/h2-15H,1H3. The number of para-hydroxylation sites is 2. The number of pyridine rings is 1. The summed E-state index contributed by atoms with van der Waals surface area (Å²) in [5.41, 5.74) is 7.91. The van der Waals surface area contributed by atoms with E-state index >= 15 is 0 Å². The van der Waals surface area contributed by atoms with Crippen LogP contribution in [0.1, 0.15) is 5.56 Å². The van der Waals surface area contributed by atoms with Gasteiger partial charge < -0.3 is 0 Å². The van der Waals surface area contributed by atoms with Gasteiger partial charge in [0.15, 0.2) is 0 Å². The molecule has 2 aromatic heterocycles. The van der Waals surface area contributed by atoms with Crippen LogP contribution in [0.25, 0.3) is 44.5 Å². The number of hydrogen-bond acceptors (Lipinski definition) is 3. The first-order valence-corrected chi connectivity index (χ1v) is 8.97. The van der Waals surface area contributed by atoms with Gasteiger partial charge in [-0.1, -0.05) is 54.1 Å². The summed E-state index contributed by atoms with van der Waals surface area (Å²) in [4.78, 5) is 14.2. The van der Waals surface area contributed by atoms with E-state index in [1.807, 2.05) is 30.3 Å². The minimum absolute atomic E-state index is 0.786. The van der Waals surface area contributed by atoms with Gasteiger partial charge >= 0.3 is 0 Å². The quantitative estimate of drug-likeness (QED) is 0.404. The lowest BCUT2D eigenvalue weighted by molar-refractivity contribution is 1.26. The molecular formula is C24H17N3. The van der Waals surface area contributed by atoms with Crippen molar-refractivity contribution < 1.29 is 0 Å². The first-order valence-electron chi connectivity index (χ1n) is 8.97. The van der Waals surface area contributed by atoms with Crippen LogP contribution in [-0.4, -0.2) is 15.0 Å². The lowest BCUT2D eigenvalue weighted by atomic mass is 9.98. The first-order chi connectivity index (χ1) is 13.3. The molecule has 0 unspecified atom stereocenters. The van der Waals surface area contributed by atoms with Crippen LogP contribution in [-0.2, 0) is 0 Å².